The summed E-state index contributed by atoms with van der Waals surface area (Å²) in [6, 6.07) is 9.78. The van der Waals surface area contributed by atoms with Crippen molar-refractivity contribution in [3.8, 4) is 6.07 Å². The second-order valence-electron chi connectivity index (χ2n) is 5.95. The standard InChI is InChI=1S/C16H22ClN3O/c1-12(2)16(3,11-18)19-15(21)10-20(4)9-13-5-7-14(17)8-6-13/h5-8,12H,9-10H2,1-4H3,(H,19,21)/p+1/t16-/m0/s1. The third kappa shape index (κ3) is 5.37. The number of carbonyl (C=O) groups excluding carboxylic acids is 1. The normalized spacial score (nSPS) is 15.1. The smallest absolute Gasteiger partial charge is 0.276 e. The first kappa shape index (κ1) is 17.5. The van der Waals surface area contributed by atoms with Crippen molar-refractivity contribution in [2.45, 2.75) is 32.9 Å². The molecule has 1 unspecified atom stereocenters. The lowest BCUT2D eigenvalue weighted by atomic mass is 9.90. The Morgan fingerprint density at radius 1 is 1.43 bits per heavy atom. The topological polar surface area (TPSA) is 57.3 Å². The van der Waals surface area contributed by atoms with Crippen LogP contribution in [-0.2, 0) is 11.3 Å². The Morgan fingerprint density at radius 3 is 2.48 bits per heavy atom. The fourth-order valence-corrected chi connectivity index (χ4v) is 2.05. The molecule has 0 saturated heterocycles. The first-order valence-corrected chi connectivity index (χ1v) is 7.42. The minimum Gasteiger partial charge on any atom is -0.333 e. The van der Waals surface area contributed by atoms with E-state index in [2.05, 4.69) is 11.4 Å². The zero-order chi connectivity index (χ0) is 16.0. The Hall–Kier alpha value is -1.57. The molecule has 0 heterocycles. The minimum absolute atomic E-state index is 0.0584. The van der Waals surface area contributed by atoms with Gasteiger partial charge in [0.25, 0.3) is 5.91 Å². The maximum absolute atomic E-state index is 12.1. The molecule has 2 atom stereocenters. The van der Waals surface area contributed by atoms with Gasteiger partial charge in [-0.3, -0.25) is 4.79 Å². The molecule has 0 saturated carbocycles. The summed E-state index contributed by atoms with van der Waals surface area (Å²) in [4.78, 5) is 13.1. The van der Waals surface area contributed by atoms with Crippen LogP contribution in [-0.4, -0.2) is 25.0 Å². The SMILES string of the molecule is CC(C)[C@](C)(C#N)NC(=O)C[NH+](C)Cc1ccc(Cl)cc1. The van der Waals surface area contributed by atoms with Crippen LogP contribution in [0.5, 0.6) is 0 Å². The van der Waals surface area contributed by atoms with E-state index >= 15 is 0 Å². The number of likely N-dealkylation sites (N-methyl/N-ethyl adjacent to an activating group) is 1. The highest BCUT2D eigenvalue weighted by molar-refractivity contribution is 6.30. The fourth-order valence-electron chi connectivity index (χ4n) is 1.92. The molecule has 0 spiro atoms. The molecule has 1 aromatic rings. The maximum Gasteiger partial charge on any atom is 0.276 e. The van der Waals surface area contributed by atoms with Gasteiger partial charge in [-0.2, -0.15) is 5.26 Å². The number of nitriles is 1. The predicted octanol–water partition coefficient (Wildman–Crippen LogP) is 1.41. The van der Waals surface area contributed by atoms with Crippen molar-refractivity contribution in [1.29, 1.82) is 5.26 Å². The lowest BCUT2D eigenvalue weighted by molar-refractivity contribution is -0.885. The summed E-state index contributed by atoms with van der Waals surface area (Å²) >= 11 is 5.85. The van der Waals surface area contributed by atoms with E-state index in [-0.39, 0.29) is 11.8 Å². The van der Waals surface area contributed by atoms with Crippen molar-refractivity contribution in [2.24, 2.45) is 5.92 Å². The number of hydrogen-bond donors (Lipinski definition) is 2. The Kier molecular flexibility index (Phi) is 6.19. The number of hydrogen-bond acceptors (Lipinski definition) is 2. The van der Waals surface area contributed by atoms with Crippen molar-refractivity contribution in [3.63, 3.8) is 0 Å². The molecule has 2 N–H and O–H groups in total. The number of nitrogens with zero attached hydrogens (tertiary/aromatic N) is 1. The van der Waals surface area contributed by atoms with Gasteiger partial charge in [0.05, 0.1) is 13.1 Å². The fraction of sp³-hybridized carbons (Fsp3) is 0.500. The highest BCUT2D eigenvalue weighted by Gasteiger charge is 2.30. The summed E-state index contributed by atoms with van der Waals surface area (Å²) < 4.78 is 0. The molecule has 0 radical (unpaired) electrons. The number of halogens is 1. The van der Waals surface area contributed by atoms with Gasteiger partial charge >= 0.3 is 0 Å². The molecule has 0 aromatic heterocycles. The van der Waals surface area contributed by atoms with Crippen LogP contribution in [0.4, 0.5) is 0 Å². The van der Waals surface area contributed by atoms with Gasteiger partial charge in [0.15, 0.2) is 6.54 Å². The summed E-state index contributed by atoms with van der Waals surface area (Å²) in [7, 11) is 1.95. The molecule has 1 rings (SSSR count). The van der Waals surface area contributed by atoms with Crippen LogP contribution in [0.2, 0.25) is 5.02 Å². The highest BCUT2D eigenvalue weighted by atomic mass is 35.5. The zero-order valence-corrected chi connectivity index (χ0v) is 13.8. The van der Waals surface area contributed by atoms with Crippen molar-refractivity contribution in [2.75, 3.05) is 13.6 Å². The van der Waals surface area contributed by atoms with Gasteiger partial charge in [0, 0.05) is 10.6 Å². The third-order valence-electron chi connectivity index (χ3n) is 3.67. The summed E-state index contributed by atoms with van der Waals surface area (Å²) in [6.07, 6.45) is 0. The lowest BCUT2D eigenvalue weighted by Crippen LogP contribution is -3.09. The molecule has 1 amide bonds. The zero-order valence-electron chi connectivity index (χ0n) is 13.0. The molecule has 0 aliphatic carbocycles. The van der Waals surface area contributed by atoms with Crippen molar-refractivity contribution in [3.05, 3.63) is 34.9 Å². The van der Waals surface area contributed by atoms with E-state index in [1.807, 2.05) is 45.2 Å². The van der Waals surface area contributed by atoms with Gasteiger partial charge in [-0.1, -0.05) is 37.6 Å². The molecular formula is C16H23ClN3O+. The Bertz CT molecular complexity index is 521. The van der Waals surface area contributed by atoms with Gasteiger partial charge in [-0.15, -0.1) is 0 Å². The molecule has 1 aromatic carbocycles. The molecule has 4 nitrogen and oxygen atoms in total. The number of nitrogens with one attached hydrogen (secondary N) is 2. The molecule has 21 heavy (non-hydrogen) atoms. The molecule has 0 fully saturated rings. The minimum atomic E-state index is -0.822. The number of rotatable bonds is 6. The molecule has 5 heteroatoms. The molecular weight excluding hydrogens is 286 g/mol. The highest BCUT2D eigenvalue weighted by Crippen LogP contribution is 2.14. The molecule has 0 bridgehead atoms. The summed E-state index contributed by atoms with van der Waals surface area (Å²) in [5, 5.41) is 12.7. The van der Waals surface area contributed by atoms with Crippen LogP contribution in [0.1, 0.15) is 26.3 Å². The van der Waals surface area contributed by atoms with Crippen LogP contribution in [0.25, 0.3) is 0 Å². The van der Waals surface area contributed by atoms with Gasteiger partial charge in [-0.25, -0.2) is 0 Å². The predicted molar refractivity (Wildman–Crippen MR) is 83.9 cm³/mol. The summed E-state index contributed by atoms with van der Waals surface area (Å²) in [6.45, 7) is 6.66. The largest absolute Gasteiger partial charge is 0.333 e. The van der Waals surface area contributed by atoms with E-state index < -0.39 is 5.54 Å². The van der Waals surface area contributed by atoms with Crippen molar-refractivity contribution in [1.82, 2.24) is 5.32 Å². The van der Waals surface area contributed by atoms with Crippen molar-refractivity contribution < 1.29 is 9.69 Å². The monoisotopic (exact) mass is 308 g/mol. The number of quaternary nitrogens is 1. The van der Waals surface area contributed by atoms with E-state index in [9.17, 15) is 10.1 Å². The quantitative estimate of drug-likeness (QED) is 0.835. The second-order valence-corrected chi connectivity index (χ2v) is 6.39. The van der Waals surface area contributed by atoms with E-state index in [0.717, 1.165) is 17.0 Å². The van der Waals surface area contributed by atoms with Crippen LogP contribution in [0, 0.1) is 17.2 Å². The molecule has 0 aliphatic heterocycles. The lowest BCUT2D eigenvalue weighted by Gasteiger charge is -2.27. The average Bonchev–Trinajstić information content (AvgIpc) is 2.40. The Labute approximate surface area is 131 Å². The first-order chi connectivity index (χ1) is 9.76. The van der Waals surface area contributed by atoms with Gasteiger partial charge < -0.3 is 10.2 Å². The van der Waals surface area contributed by atoms with Gasteiger partial charge in [-0.05, 0) is 25.0 Å². The summed E-state index contributed by atoms with van der Waals surface area (Å²) in [5.74, 6) is -0.0535. The second kappa shape index (κ2) is 7.44. The molecule has 114 valence electrons. The van der Waals surface area contributed by atoms with Crippen LogP contribution < -0.4 is 10.2 Å². The molecule has 0 aliphatic rings. The Balaban J connectivity index is 2.55. The summed E-state index contributed by atoms with van der Waals surface area (Å²) in [5.41, 5.74) is 0.300. The van der Waals surface area contributed by atoms with Gasteiger partial charge in [0.1, 0.15) is 12.1 Å². The number of amides is 1. The van der Waals surface area contributed by atoms with Crippen LogP contribution in [0.3, 0.4) is 0 Å². The van der Waals surface area contributed by atoms with Crippen LogP contribution >= 0.6 is 11.6 Å². The number of benzene rings is 1. The average molecular weight is 309 g/mol. The Morgan fingerprint density at radius 2 is 2.00 bits per heavy atom. The first-order valence-electron chi connectivity index (χ1n) is 7.05. The van der Waals surface area contributed by atoms with Crippen molar-refractivity contribution >= 4 is 17.5 Å². The van der Waals surface area contributed by atoms with E-state index in [1.165, 1.54) is 0 Å². The van der Waals surface area contributed by atoms with E-state index in [4.69, 9.17) is 11.6 Å². The third-order valence-corrected chi connectivity index (χ3v) is 3.92. The van der Waals surface area contributed by atoms with E-state index in [1.54, 1.807) is 6.92 Å². The maximum atomic E-state index is 12.1. The van der Waals surface area contributed by atoms with E-state index in [0.29, 0.717) is 11.6 Å². The number of carbonyl (C=O) groups is 1. The van der Waals surface area contributed by atoms with Gasteiger partial charge in [0.2, 0.25) is 0 Å². The van der Waals surface area contributed by atoms with Crippen LogP contribution in [0.15, 0.2) is 24.3 Å².